The van der Waals surface area contributed by atoms with Crippen molar-refractivity contribution in [3.8, 4) is 11.5 Å². The van der Waals surface area contributed by atoms with Crippen molar-refractivity contribution in [1.82, 2.24) is 5.32 Å². The summed E-state index contributed by atoms with van der Waals surface area (Å²) in [6.07, 6.45) is 5.10. The molecule has 24 heavy (non-hydrogen) atoms. The Morgan fingerprint density at radius 3 is 2.50 bits per heavy atom. The van der Waals surface area contributed by atoms with E-state index >= 15 is 0 Å². The normalized spacial score (nSPS) is 10.6. The Morgan fingerprint density at radius 2 is 1.79 bits per heavy atom. The molecule has 4 heteroatoms. The van der Waals surface area contributed by atoms with Crippen LogP contribution in [-0.2, 0) is 11.2 Å². The topological polar surface area (TPSA) is 47.6 Å². The average Bonchev–Trinajstić information content (AvgIpc) is 2.64. The maximum absolute atomic E-state index is 11.9. The minimum absolute atomic E-state index is 0.101. The summed E-state index contributed by atoms with van der Waals surface area (Å²) in [6.45, 7) is 0.640. The molecule has 2 aromatic rings. The average molecular weight is 325 g/mol. The van der Waals surface area contributed by atoms with Crippen LogP contribution in [-0.4, -0.2) is 26.7 Å². The van der Waals surface area contributed by atoms with E-state index in [-0.39, 0.29) is 5.91 Å². The van der Waals surface area contributed by atoms with E-state index in [0.29, 0.717) is 6.54 Å². The van der Waals surface area contributed by atoms with Crippen LogP contribution >= 0.6 is 0 Å². The standard InChI is InChI=1S/C20H23NO3/c1-23-18-12-9-16(10-13-18)6-5-15-21-20(22)14-11-17-7-3-4-8-19(17)24-2/h3-4,7-14H,5-6,15H2,1-2H3,(H,21,22)/b14-11+. The van der Waals surface area contributed by atoms with Crippen molar-refractivity contribution < 1.29 is 14.3 Å². The highest BCUT2D eigenvalue weighted by molar-refractivity contribution is 5.92. The van der Waals surface area contributed by atoms with Gasteiger partial charge in [0.05, 0.1) is 14.2 Å². The van der Waals surface area contributed by atoms with Gasteiger partial charge in [-0.3, -0.25) is 4.79 Å². The molecule has 1 amide bonds. The zero-order valence-electron chi connectivity index (χ0n) is 14.1. The Hall–Kier alpha value is -2.75. The number of rotatable bonds is 8. The number of aryl methyl sites for hydroxylation is 1. The second kappa shape index (κ2) is 9.40. The van der Waals surface area contributed by atoms with Crippen molar-refractivity contribution in [1.29, 1.82) is 0 Å². The number of para-hydroxylation sites is 1. The molecule has 1 N–H and O–H groups in total. The second-order valence-corrected chi connectivity index (χ2v) is 5.32. The summed E-state index contributed by atoms with van der Waals surface area (Å²) >= 11 is 0. The molecular weight excluding hydrogens is 302 g/mol. The SMILES string of the molecule is COc1ccc(CCCNC(=O)/C=C/c2ccccc2OC)cc1. The van der Waals surface area contributed by atoms with Crippen LogP contribution in [0.2, 0.25) is 0 Å². The highest BCUT2D eigenvalue weighted by Crippen LogP contribution is 2.18. The number of amides is 1. The first-order chi connectivity index (χ1) is 11.7. The van der Waals surface area contributed by atoms with Gasteiger partial charge in [0.25, 0.3) is 0 Å². The number of carbonyl (C=O) groups excluding carboxylic acids is 1. The van der Waals surface area contributed by atoms with Gasteiger partial charge in [0.15, 0.2) is 0 Å². The van der Waals surface area contributed by atoms with E-state index in [0.717, 1.165) is 29.9 Å². The zero-order chi connectivity index (χ0) is 17.2. The molecule has 0 fully saturated rings. The summed E-state index contributed by atoms with van der Waals surface area (Å²) in [7, 11) is 3.27. The first kappa shape index (κ1) is 17.6. The van der Waals surface area contributed by atoms with E-state index in [1.54, 1.807) is 20.3 Å². The molecule has 0 atom stereocenters. The van der Waals surface area contributed by atoms with Crippen LogP contribution in [0.5, 0.6) is 11.5 Å². The van der Waals surface area contributed by atoms with E-state index in [4.69, 9.17) is 9.47 Å². The fraction of sp³-hybridized carbons (Fsp3) is 0.250. The number of ether oxygens (including phenoxy) is 2. The number of methoxy groups -OCH3 is 2. The lowest BCUT2D eigenvalue weighted by molar-refractivity contribution is -0.116. The van der Waals surface area contributed by atoms with Crippen LogP contribution in [0.3, 0.4) is 0 Å². The molecule has 0 aliphatic carbocycles. The van der Waals surface area contributed by atoms with Crippen molar-refractivity contribution in [2.75, 3.05) is 20.8 Å². The molecule has 0 bridgehead atoms. The van der Waals surface area contributed by atoms with Crippen molar-refractivity contribution in [3.63, 3.8) is 0 Å². The van der Waals surface area contributed by atoms with Crippen molar-refractivity contribution in [2.45, 2.75) is 12.8 Å². The highest BCUT2D eigenvalue weighted by Gasteiger charge is 2.00. The molecule has 126 valence electrons. The summed E-state index contributed by atoms with van der Waals surface area (Å²) in [5.41, 5.74) is 2.11. The Morgan fingerprint density at radius 1 is 1.04 bits per heavy atom. The number of carbonyl (C=O) groups is 1. The second-order valence-electron chi connectivity index (χ2n) is 5.32. The van der Waals surface area contributed by atoms with Gasteiger partial charge in [-0.05, 0) is 42.7 Å². The fourth-order valence-corrected chi connectivity index (χ4v) is 2.32. The first-order valence-corrected chi connectivity index (χ1v) is 7.95. The number of nitrogens with one attached hydrogen (secondary N) is 1. The lowest BCUT2D eigenvalue weighted by atomic mass is 10.1. The third-order valence-electron chi connectivity index (χ3n) is 3.65. The van der Waals surface area contributed by atoms with E-state index in [2.05, 4.69) is 5.32 Å². The van der Waals surface area contributed by atoms with Gasteiger partial charge in [-0.15, -0.1) is 0 Å². The molecule has 0 aliphatic rings. The van der Waals surface area contributed by atoms with Gasteiger partial charge in [-0.1, -0.05) is 30.3 Å². The smallest absolute Gasteiger partial charge is 0.244 e. The van der Waals surface area contributed by atoms with Crippen molar-refractivity contribution >= 4 is 12.0 Å². The van der Waals surface area contributed by atoms with E-state index in [1.165, 1.54) is 11.6 Å². The third-order valence-corrected chi connectivity index (χ3v) is 3.65. The van der Waals surface area contributed by atoms with Crippen LogP contribution in [0.25, 0.3) is 6.08 Å². The summed E-state index contributed by atoms with van der Waals surface area (Å²) in [5, 5.41) is 2.89. The molecule has 4 nitrogen and oxygen atoms in total. The molecule has 2 rings (SSSR count). The van der Waals surface area contributed by atoms with Crippen LogP contribution in [0.15, 0.2) is 54.6 Å². The molecule has 0 aromatic heterocycles. The van der Waals surface area contributed by atoms with Crippen LogP contribution in [0.1, 0.15) is 17.5 Å². The predicted molar refractivity (Wildman–Crippen MR) is 96.4 cm³/mol. The Kier molecular flexibility index (Phi) is 6.90. The number of hydrogen-bond acceptors (Lipinski definition) is 3. The third kappa shape index (κ3) is 5.47. The van der Waals surface area contributed by atoms with Crippen LogP contribution < -0.4 is 14.8 Å². The summed E-state index contributed by atoms with van der Waals surface area (Å²) in [4.78, 5) is 11.9. The Balaban J connectivity index is 1.73. The van der Waals surface area contributed by atoms with E-state index in [9.17, 15) is 4.79 Å². The summed E-state index contributed by atoms with van der Waals surface area (Å²) in [6, 6.07) is 15.6. The van der Waals surface area contributed by atoms with Gasteiger partial charge in [-0.2, -0.15) is 0 Å². The molecule has 0 spiro atoms. The van der Waals surface area contributed by atoms with E-state index < -0.39 is 0 Å². The summed E-state index contributed by atoms with van der Waals surface area (Å²) < 4.78 is 10.4. The molecule has 0 radical (unpaired) electrons. The van der Waals surface area contributed by atoms with Gasteiger partial charge in [-0.25, -0.2) is 0 Å². The first-order valence-electron chi connectivity index (χ1n) is 7.95. The minimum atomic E-state index is -0.101. The quantitative estimate of drug-likeness (QED) is 0.597. The molecular formula is C20H23NO3. The molecule has 0 saturated heterocycles. The van der Waals surface area contributed by atoms with Crippen molar-refractivity contribution in [3.05, 3.63) is 65.7 Å². The minimum Gasteiger partial charge on any atom is -0.497 e. The molecule has 0 saturated carbocycles. The number of hydrogen-bond donors (Lipinski definition) is 1. The van der Waals surface area contributed by atoms with Gasteiger partial charge in [0, 0.05) is 18.2 Å². The maximum Gasteiger partial charge on any atom is 0.244 e. The zero-order valence-corrected chi connectivity index (χ0v) is 14.1. The highest BCUT2D eigenvalue weighted by atomic mass is 16.5. The van der Waals surface area contributed by atoms with Crippen LogP contribution in [0, 0.1) is 0 Å². The monoisotopic (exact) mass is 325 g/mol. The van der Waals surface area contributed by atoms with Gasteiger partial charge >= 0.3 is 0 Å². The predicted octanol–water partition coefficient (Wildman–Crippen LogP) is 3.47. The summed E-state index contributed by atoms with van der Waals surface area (Å²) in [5.74, 6) is 1.50. The lowest BCUT2D eigenvalue weighted by Gasteiger charge is -2.05. The Labute approximate surface area is 143 Å². The maximum atomic E-state index is 11.9. The lowest BCUT2D eigenvalue weighted by Crippen LogP contribution is -2.22. The molecule has 0 heterocycles. The van der Waals surface area contributed by atoms with Gasteiger partial charge < -0.3 is 14.8 Å². The number of benzene rings is 2. The molecule has 2 aromatic carbocycles. The van der Waals surface area contributed by atoms with Crippen LogP contribution in [0.4, 0.5) is 0 Å². The fourth-order valence-electron chi connectivity index (χ4n) is 2.32. The molecule has 0 aliphatic heterocycles. The van der Waals surface area contributed by atoms with Gasteiger partial charge in [0.2, 0.25) is 5.91 Å². The van der Waals surface area contributed by atoms with Gasteiger partial charge in [0.1, 0.15) is 11.5 Å². The largest absolute Gasteiger partial charge is 0.497 e. The van der Waals surface area contributed by atoms with Crippen molar-refractivity contribution in [2.24, 2.45) is 0 Å². The Bertz CT molecular complexity index is 678. The van der Waals surface area contributed by atoms with E-state index in [1.807, 2.05) is 48.5 Å². The molecule has 0 unspecified atom stereocenters.